The van der Waals surface area contributed by atoms with Crippen molar-refractivity contribution in [1.82, 2.24) is 5.32 Å². The fourth-order valence-corrected chi connectivity index (χ4v) is 4.23. The molecule has 0 aromatic rings. The van der Waals surface area contributed by atoms with Gasteiger partial charge in [0.15, 0.2) is 9.84 Å². The second-order valence-corrected chi connectivity index (χ2v) is 6.98. The van der Waals surface area contributed by atoms with Crippen molar-refractivity contribution in [3.05, 3.63) is 0 Å². The van der Waals surface area contributed by atoms with Crippen LogP contribution in [0, 0.1) is 0 Å². The number of sulfone groups is 1. The number of ether oxygens (including phenoxy) is 2. The molecule has 2 saturated heterocycles. The highest BCUT2D eigenvalue weighted by molar-refractivity contribution is 7.91. The molecule has 0 radical (unpaired) electrons. The fraction of sp³-hybridized carbons (Fsp3) is 0.875. The zero-order valence-electron chi connectivity index (χ0n) is 8.39. The number of halogens is 1. The van der Waals surface area contributed by atoms with E-state index in [0.29, 0.717) is 13.2 Å². The van der Waals surface area contributed by atoms with Crippen LogP contribution in [0.3, 0.4) is 0 Å². The van der Waals surface area contributed by atoms with Crippen molar-refractivity contribution in [2.24, 2.45) is 0 Å². The molecule has 0 aliphatic carbocycles. The van der Waals surface area contributed by atoms with E-state index in [4.69, 9.17) is 33.3 Å². The van der Waals surface area contributed by atoms with Crippen LogP contribution in [0.4, 0.5) is 0 Å². The van der Waals surface area contributed by atoms with E-state index < -0.39 is 15.2 Å². The van der Waals surface area contributed by atoms with Gasteiger partial charge in [-0.1, -0.05) is 0 Å². The molecule has 2 fully saturated rings. The lowest BCUT2D eigenvalue weighted by atomic mass is 10.3. The fourth-order valence-electron chi connectivity index (χ4n) is 1.46. The van der Waals surface area contributed by atoms with Gasteiger partial charge in [-0.2, -0.15) is 0 Å². The summed E-state index contributed by atoms with van der Waals surface area (Å²) < 4.78 is 32.7. The molecule has 0 saturated carbocycles. The SMILES string of the molecule is O=S1(=O)C[C@H](Cl)[C@H](NC(=S)OC[C@@H]2CO2)C1. The van der Waals surface area contributed by atoms with Gasteiger partial charge in [0.1, 0.15) is 12.7 Å². The highest BCUT2D eigenvalue weighted by Crippen LogP contribution is 2.18. The van der Waals surface area contributed by atoms with Gasteiger partial charge in [-0.3, -0.25) is 0 Å². The van der Waals surface area contributed by atoms with E-state index in [1.807, 2.05) is 0 Å². The molecule has 2 rings (SSSR count). The molecular formula is C8H12ClNO4S2. The molecule has 3 atom stereocenters. The van der Waals surface area contributed by atoms with Crippen molar-refractivity contribution in [2.45, 2.75) is 17.5 Å². The third-order valence-electron chi connectivity index (χ3n) is 2.39. The van der Waals surface area contributed by atoms with Gasteiger partial charge in [0.25, 0.3) is 5.17 Å². The predicted molar refractivity (Wildman–Crippen MR) is 63.5 cm³/mol. The number of hydrogen-bond acceptors (Lipinski definition) is 5. The molecule has 16 heavy (non-hydrogen) atoms. The van der Waals surface area contributed by atoms with Gasteiger partial charge >= 0.3 is 0 Å². The lowest BCUT2D eigenvalue weighted by molar-refractivity contribution is 0.247. The quantitative estimate of drug-likeness (QED) is 0.436. The Morgan fingerprint density at radius 2 is 2.25 bits per heavy atom. The Balaban J connectivity index is 1.77. The molecule has 8 heteroatoms. The van der Waals surface area contributed by atoms with E-state index in [0.717, 1.165) is 0 Å². The van der Waals surface area contributed by atoms with Crippen molar-refractivity contribution >= 4 is 38.8 Å². The zero-order valence-corrected chi connectivity index (χ0v) is 10.8. The first-order valence-electron chi connectivity index (χ1n) is 4.86. The summed E-state index contributed by atoms with van der Waals surface area (Å²) in [4.78, 5) is 0. The van der Waals surface area contributed by atoms with Gasteiger partial charge in [-0.25, -0.2) is 8.42 Å². The summed E-state index contributed by atoms with van der Waals surface area (Å²) in [6, 6.07) is -0.362. The minimum Gasteiger partial charge on any atom is -0.468 e. The van der Waals surface area contributed by atoms with E-state index in [1.165, 1.54) is 0 Å². The first kappa shape index (κ1) is 12.3. The van der Waals surface area contributed by atoms with Crippen molar-refractivity contribution in [1.29, 1.82) is 0 Å². The van der Waals surface area contributed by atoms with Crippen LogP contribution in [-0.4, -0.2) is 55.8 Å². The number of nitrogens with one attached hydrogen (secondary N) is 1. The van der Waals surface area contributed by atoms with E-state index in [-0.39, 0.29) is 28.8 Å². The van der Waals surface area contributed by atoms with E-state index in [2.05, 4.69) is 5.32 Å². The van der Waals surface area contributed by atoms with Gasteiger partial charge in [0.05, 0.1) is 29.5 Å². The summed E-state index contributed by atoms with van der Waals surface area (Å²) in [6.07, 6.45) is 0.124. The Labute approximate surface area is 104 Å². The molecule has 0 aromatic carbocycles. The van der Waals surface area contributed by atoms with Crippen LogP contribution in [0.15, 0.2) is 0 Å². The Hall–Kier alpha value is -0.110. The average molecular weight is 286 g/mol. The molecule has 92 valence electrons. The van der Waals surface area contributed by atoms with Crippen molar-refractivity contribution in [3.63, 3.8) is 0 Å². The number of epoxide rings is 1. The standard InChI is InChI=1S/C8H12ClNO4S2/c9-6-3-16(11,12)4-7(6)10-8(15)14-2-5-1-13-5/h5-7H,1-4H2,(H,10,15)/t5-,6-,7+/m0/s1. The Bertz CT molecular complexity index is 381. The van der Waals surface area contributed by atoms with Crippen LogP contribution < -0.4 is 5.32 Å². The number of rotatable bonds is 3. The van der Waals surface area contributed by atoms with Crippen LogP contribution in [0.5, 0.6) is 0 Å². The molecule has 0 spiro atoms. The summed E-state index contributed by atoms with van der Waals surface area (Å²) in [7, 11) is -3.04. The second kappa shape index (κ2) is 4.64. The molecular weight excluding hydrogens is 274 g/mol. The average Bonchev–Trinajstić information content (AvgIpc) is 2.92. The van der Waals surface area contributed by atoms with Crippen LogP contribution in [0.1, 0.15) is 0 Å². The zero-order chi connectivity index (χ0) is 11.8. The van der Waals surface area contributed by atoms with E-state index in [9.17, 15) is 8.42 Å². The van der Waals surface area contributed by atoms with Gasteiger partial charge in [0, 0.05) is 0 Å². The minimum absolute atomic E-state index is 0.00456. The molecule has 5 nitrogen and oxygen atoms in total. The van der Waals surface area contributed by atoms with Gasteiger partial charge in [0.2, 0.25) is 0 Å². The maximum Gasteiger partial charge on any atom is 0.257 e. The summed E-state index contributed by atoms with van der Waals surface area (Å²) >= 11 is 10.8. The second-order valence-electron chi connectivity index (χ2n) is 3.90. The third kappa shape index (κ3) is 3.44. The van der Waals surface area contributed by atoms with Gasteiger partial charge in [-0.05, 0) is 12.2 Å². The number of hydrogen-bond donors (Lipinski definition) is 1. The predicted octanol–water partition coefficient (Wildman–Crippen LogP) is -0.319. The summed E-state index contributed by atoms with van der Waals surface area (Å²) in [6.45, 7) is 1.09. The Morgan fingerprint density at radius 3 is 2.75 bits per heavy atom. The highest BCUT2D eigenvalue weighted by Gasteiger charge is 2.37. The van der Waals surface area contributed by atoms with Crippen LogP contribution in [0.25, 0.3) is 0 Å². The van der Waals surface area contributed by atoms with Gasteiger partial charge in [-0.15, -0.1) is 11.6 Å². The van der Waals surface area contributed by atoms with Gasteiger partial charge < -0.3 is 14.8 Å². The third-order valence-corrected chi connectivity index (χ3v) is 5.00. The molecule has 1 N–H and O–H groups in total. The normalized spacial score (nSPS) is 35.7. The lowest BCUT2D eigenvalue weighted by Crippen LogP contribution is -2.41. The molecule has 0 aromatic heterocycles. The van der Waals surface area contributed by atoms with Crippen LogP contribution in [-0.2, 0) is 19.3 Å². The van der Waals surface area contributed by atoms with Crippen molar-refractivity contribution in [2.75, 3.05) is 24.7 Å². The summed E-state index contributed by atoms with van der Waals surface area (Å²) in [5.41, 5.74) is 0. The molecule has 0 unspecified atom stereocenters. The van der Waals surface area contributed by atoms with E-state index >= 15 is 0 Å². The minimum atomic E-state index is -3.04. The van der Waals surface area contributed by atoms with Crippen molar-refractivity contribution < 1.29 is 17.9 Å². The summed E-state index contributed by atoms with van der Waals surface area (Å²) in [5.74, 6) is -0.00876. The monoisotopic (exact) mass is 285 g/mol. The topological polar surface area (TPSA) is 67.9 Å². The Morgan fingerprint density at radius 1 is 1.56 bits per heavy atom. The molecule has 2 aliphatic heterocycles. The lowest BCUT2D eigenvalue weighted by Gasteiger charge is -2.16. The largest absolute Gasteiger partial charge is 0.468 e. The molecule has 2 heterocycles. The maximum atomic E-state index is 11.3. The maximum absolute atomic E-state index is 11.3. The number of alkyl halides is 1. The summed E-state index contributed by atoms with van der Waals surface area (Å²) in [5, 5.41) is 2.54. The molecule has 0 bridgehead atoms. The molecule has 0 amide bonds. The highest BCUT2D eigenvalue weighted by atomic mass is 35.5. The van der Waals surface area contributed by atoms with E-state index in [1.54, 1.807) is 0 Å². The van der Waals surface area contributed by atoms with Crippen molar-refractivity contribution in [3.8, 4) is 0 Å². The van der Waals surface area contributed by atoms with Crippen LogP contribution >= 0.6 is 23.8 Å². The first-order valence-corrected chi connectivity index (χ1v) is 7.52. The molecule has 2 aliphatic rings. The van der Waals surface area contributed by atoms with Crippen LogP contribution in [0.2, 0.25) is 0 Å². The smallest absolute Gasteiger partial charge is 0.257 e. The first-order chi connectivity index (χ1) is 7.46. The Kier molecular flexibility index (Phi) is 3.58. The number of thiocarbonyl (C=S) groups is 1.